The Hall–Kier alpha value is -1.33. The highest BCUT2D eigenvalue weighted by molar-refractivity contribution is 5.78. The third-order valence-corrected chi connectivity index (χ3v) is 4.10. The van der Waals surface area contributed by atoms with E-state index in [1.165, 1.54) is 12.8 Å². The summed E-state index contributed by atoms with van der Waals surface area (Å²) >= 11 is 0. The van der Waals surface area contributed by atoms with Crippen LogP contribution in [-0.2, 0) is 4.79 Å². The van der Waals surface area contributed by atoms with Crippen LogP contribution in [0.3, 0.4) is 0 Å². The second kappa shape index (κ2) is 8.20. The van der Waals surface area contributed by atoms with Gasteiger partial charge in [0.15, 0.2) is 0 Å². The summed E-state index contributed by atoms with van der Waals surface area (Å²) in [5.74, 6) is 1.63. The maximum Gasteiger partial charge on any atom is 0.234 e. The van der Waals surface area contributed by atoms with Gasteiger partial charge in [-0.05, 0) is 64.0 Å². The van der Waals surface area contributed by atoms with Crippen LogP contribution in [0.5, 0.6) is 0 Å². The number of rotatable bonds is 7. The first kappa shape index (κ1) is 16.0. The van der Waals surface area contributed by atoms with Crippen molar-refractivity contribution in [3.8, 4) is 0 Å². The van der Waals surface area contributed by atoms with Gasteiger partial charge >= 0.3 is 0 Å². The lowest BCUT2D eigenvalue weighted by atomic mass is 9.97. The molecule has 1 aromatic heterocycles. The highest BCUT2D eigenvalue weighted by Gasteiger charge is 2.21. The van der Waals surface area contributed by atoms with E-state index in [4.69, 9.17) is 4.42 Å². The largest absolute Gasteiger partial charge is 0.467 e. The van der Waals surface area contributed by atoms with Crippen molar-refractivity contribution in [1.29, 1.82) is 0 Å². The Kier molecular flexibility index (Phi) is 6.26. The summed E-state index contributed by atoms with van der Waals surface area (Å²) in [5.41, 5.74) is 0. The highest BCUT2D eigenvalue weighted by Crippen LogP contribution is 2.16. The second-order valence-corrected chi connectivity index (χ2v) is 5.83. The molecule has 2 N–H and O–H groups in total. The Balaban J connectivity index is 1.67. The van der Waals surface area contributed by atoms with Crippen LogP contribution >= 0.6 is 0 Å². The van der Waals surface area contributed by atoms with Crippen LogP contribution in [0.1, 0.15) is 38.5 Å². The third kappa shape index (κ3) is 5.17. The van der Waals surface area contributed by atoms with Crippen LogP contribution in [0, 0.1) is 5.92 Å². The molecule has 1 saturated heterocycles. The summed E-state index contributed by atoms with van der Waals surface area (Å²) in [5, 5.41) is 6.40. The first-order chi connectivity index (χ1) is 10.2. The van der Waals surface area contributed by atoms with Gasteiger partial charge in [-0.15, -0.1) is 0 Å². The minimum atomic E-state index is -0.0706. The van der Waals surface area contributed by atoms with E-state index in [0.29, 0.717) is 6.54 Å². The van der Waals surface area contributed by atoms with Crippen molar-refractivity contribution in [2.75, 3.05) is 32.7 Å². The number of likely N-dealkylation sites (tertiary alicyclic amines) is 1. The molecule has 118 valence electrons. The second-order valence-electron chi connectivity index (χ2n) is 5.83. The Bertz CT molecular complexity index is 411. The van der Waals surface area contributed by atoms with E-state index in [2.05, 4.69) is 22.5 Å². The molecule has 1 atom stereocenters. The summed E-state index contributed by atoms with van der Waals surface area (Å²) in [6.45, 7) is 8.73. The van der Waals surface area contributed by atoms with Crippen molar-refractivity contribution in [2.45, 2.75) is 32.7 Å². The molecule has 1 aromatic rings. The predicted molar refractivity (Wildman–Crippen MR) is 83.0 cm³/mol. The summed E-state index contributed by atoms with van der Waals surface area (Å²) in [4.78, 5) is 14.3. The molecule has 21 heavy (non-hydrogen) atoms. The average molecular weight is 293 g/mol. The van der Waals surface area contributed by atoms with E-state index in [1.54, 1.807) is 6.26 Å². The molecular weight excluding hydrogens is 266 g/mol. The summed E-state index contributed by atoms with van der Waals surface area (Å²) in [6, 6.07) is 3.66. The molecule has 2 rings (SSSR count). The van der Waals surface area contributed by atoms with E-state index in [0.717, 1.165) is 37.9 Å². The monoisotopic (exact) mass is 293 g/mol. The van der Waals surface area contributed by atoms with Crippen LogP contribution in [-0.4, -0.2) is 43.5 Å². The molecule has 0 aromatic carbocycles. The molecule has 0 radical (unpaired) electrons. The van der Waals surface area contributed by atoms with Gasteiger partial charge in [-0.2, -0.15) is 0 Å². The molecule has 5 heteroatoms. The number of piperidine rings is 1. The van der Waals surface area contributed by atoms with Gasteiger partial charge in [0.05, 0.1) is 18.8 Å². The average Bonchev–Trinajstić information content (AvgIpc) is 3.01. The van der Waals surface area contributed by atoms with E-state index in [1.807, 2.05) is 19.1 Å². The van der Waals surface area contributed by atoms with Crippen molar-refractivity contribution in [2.24, 2.45) is 5.92 Å². The van der Waals surface area contributed by atoms with Crippen LogP contribution in [0.15, 0.2) is 22.8 Å². The van der Waals surface area contributed by atoms with Crippen molar-refractivity contribution in [3.63, 3.8) is 0 Å². The number of amides is 1. The zero-order chi connectivity index (χ0) is 15.1. The van der Waals surface area contributed by atoms with E-state index < -0.39 is 0 Å². The number of nitrogens with one attached hydrogen (secondary N) is 2. The summed E-state index contributed by atoms with van der Waals surface area (Å²) < 4.78 is 5.30. The van der Waals surface area contributed by atoms with Gasteiger partial charge in [-0.25, -0.2) is 0 Å². The van der Waals surface area contributed by atoms with E-state index >= 15 is 0 Å². The molecule has 5 nitrogen and oxygen atoms in total. The number of carbonyl (C=O) groups is 1. The lowest BCUT2D eigenvalue weighted by Gasteiger charge is -2.31. The van der Waals surface area contributed by atoms with Crippen molar-refractivity contribution in [1.82, 2.24) is 15.5 Å². The number of nitrogens with zero attached hydrogens (tertiary/aromatic N) is 1. The first-order valence-electron chi connectivity index (χ1n) is 7.95. The minimum absolute atomic E-state index is 0.0706. The molecule has 0 aliphatic carbocycles. The standard InChI is InChI=1S/C16H27N3O2/c1-3-17-11-14-6-8-19(9-7-14)12-16(20)18-13(2)15-5-4-10-21-15/h4-5,10,13-14,17H,3,6-9,11-12H2,1-2H3,(H,18,20). The maximum absolute atomic E-state index is 12.1. The molecular formula is C16H27N3O2. The van der Waals surface area contributed by atoms with Gasteiger partial charge in [0.25, 0.3) is 0 Å². The maximum atomic E-state index is 12.1. The Morgan fingerprint density at radius 2 is 2.24 bits per heavy atom. The smallest absolute Gasteiger partial charge is 0.234 e. The van der Waals surface area contributed by atoms with Gasteiger partial charge in [-0.3, -0.25) is 9.69 Å². The quantitative estimate of drug-likeness (QED) is 0.804. The first-order valence-corrected chi connectivity index (χ1v) is 7.95. The zero-order valence-electron chi connectivity index (χ0n) is 13.1. The molecule has 1 amide bonds. The fourth-order valence-corrected chi connectivity index (χ4v) is 2.80. The van der Waals surface area contributed by atoms with Gasteiger partial charge in [0.2, 0.25) is 5.91 Å². The van der Waals surface area contributed by atoms with Crippen molar-refractivity contribution < 1.29 is 9.21 Å². The molecule has 0 saturated carbocycles. The number of carbonyl (C=O) groups excluding carboxylic acids is 1. The van der Waals surface area contributed by atoms with Crippen molar-refractivity contribution in [3.05, 3.63) is 24.2 Å². The molecule has 1 aliphatic heterocycles. The molecule has 1 aliphatic rings. The SMILES string of the molecule is CCNCC1CCN(CC(=O)NC(C)c2ccco2)CC1. The van der Waals surface area contributed by atoms with Crippen molar-refractivity contribution >= 4 is 5.91 Å². The predicted octanol–water partition coefficient (Wildman–Crippen LogP) is 1.78. The van der Waals surface area contributed by atoms with Gasteiger partial charge in [0, 0.05) is 0 Å². The third-order valence-electron chi connectivity index (χ3n) is 4.10. The lowest BCUT2D eigenvalue weighted by Crippen LogP contribution is -2.43. The number of hydrogen-bond acceptors (Lipinski definition) is 4. The van der Waals surface area contributed by atoms with Gasteiger partial charge < -0.3 is 15.1 Å². The zero-order valence-corrected chi connectivity index (χ0v) is 13.1. The minimum Gasteiger partial charge on any atom is -0.467 e. The molecule has 1 fully saturated rings. The highest BCUT2D eigenvalue weighted by atomic mass is 16.3. The van der Waals surface area contributed by atoms with Crippen LogP contribution in [0.2, 0.25) is 0 Å². The topological polar surface area (TPSA) is 57.5 Å². The van der Waals surface area contributed by atoms with Crippen LogP contribution in [0.4, 0.5) is 0 Å². The fourth-order valence-electron chi connectivity index (χ4n) is 2.80. The normalized spacial score (nSPS) is 18.6. The fraction of sp³-hybridized carbons (Fsp3) is 0.688. The van der Waals surface area contributed by atoms with Gasteiger partial charge in [-0.1, -0.05) is 6.92 Å². The molecule has 0 spiro atoms. The van der Waals surface area contributed by atoms with Crippen LogP contribution in [0.25, 0.3) is 0 Å². The molecule has 0 bridgehead atoms. The molecule has 1 unspecified atom stereocenters. The molecule has 2 heterocycles. The number of furan rings is 1. The summed E-state index contributed by atoms with van der Waals surface area (Å²) in [7, 11) is 0. The van der Waals surface area contributed by atoms with Gasteiger partial charge in [0.1, 0.15) is 5.76 Å². The van der Waals surface area contributed by atoms with Crippen LogP contribution < -0.4 is 10.6 Å². The van der Waals surface area contributed by atoms with E-state index in [9.17, 15) is 4.79 Å². The Morgan fingerprint density at radius 3 is 2.86 bits per heavy atom. The number of hydrogen-bond donors (Lipinski definition) is 2. The Morgan fingerprint density at radius 1 is 1.48 bits per heavy atom. The summed E-state index contributed by atoms with van der Waals surface area (Å²) in [6.07, 6.45) is 3.98. The Labute approximate surface area is 127 Å². The van der Waals surface area contributed by atoms with E-state index in [-0.39, 0.29) is 11.9 Å². The lowest BCUT2D eigenvalue weighted by molar-refractivity contribution is -0.123.